The van der Waals surface area contributed by atoms with Gasteiger partial charge >= 0.3 is 0 Å². The van der Waals surface area contributed by atoms with Gasteiger partial charge in [0, 0.05) is 18.0 Å². The van der Waals surface area contributed by atoms with Gasteiger partial charge < -0.3 is 9.88 Å². The number of nitrogens with zero attached hydrogens (tertiary/aromatic N) is 1. The van der Waals surface area contributed by atoms with E-state index >= 15 is 0 Å². The standard InChI is InChI=1S/C13H13FN2O/c1-7-3-4-10(14)12-9(7)5-11-13(17)15-6-8(2)16(11)12/h3-5,8H,6H2,1-2H3,(H,15,17). The zero-order valence-electron chi connectivity index (χ0n) is 9.75. The molecule has 88 valence electrons. The molecule has 3 nitrogen and oxygen atoms in total. The smallest absolute Gasteiger partial charge is 0.268 e. The molecular weight excluding hydrogens is 219 g/mol. The Morgan fingerprint density at radius 2 is 2.24 bits per heavy atom. The van der Waals surface area contributed by atoms with Gasteiger partial charge in [0.1, 0.15) is 11.5 Å². The predicted molar refractivity (Wildman–Crippen MR) is 63.7 cm³/mol. The van der Waals surface area contributed by atoms with Gasteiger partial charge in [-0.2, -0.15) is 0 Å². The van der Waals surface area contributed by atoms with Crippen LogP contribution in [0.3, 0.4) is 0 Å². The first-order valence-corrected chi connectivity index (χ1v) is 5.68. The molecule has 1 atom stereocenters. The molecule has 3 rings (SSSR count). The number of aryl methyl sites for hydroxylation is 1. The van der Waals surface area contributed by atoms with Crippen LogP contribution in [0.4, 0.5) is 4.39 Å². The van der Waals surface area contributed by atoms with E-state index in [9.17, 15) is 9.18 Å². The highest BCUT2D eigenvalue weighted by Gasteiger charge is 2.26. The summed E-state index contributed by atoms with van der Waals surface area (Å²) in [7, 11) is 0. The van der Waals surface area contributed by atoms with Gasteiger partial charge in [-0.05, 0) is 31.5 Å². The van der Waals surface area contributed by atoms with E-state index in [-0.39, 0.29) is 17.8 Å². The summed E-state index contributed by atoms with van der Waals surface area (Å²) in [5.41, 5.74) is 2.08. The van der Waals surface area contributed by atoms with E-state index in [1.807, 2.05) is 13.8 Å². The molecule has 0 spiro atoms. The van der Waals surface area contributed by atoms with Crippen molar-refractivity contribution >= 4 is 16.8 Å². The van der Waals surface area contributed by atoms with Gasteiger partial charge in [0.25, 0.3) is 5.91 Å². The first-order valence-electron chi connectivity index (χ1n) is 5.68. The molecule has 1 aliphatic heterocycles. The molecule has 0 bridgehead atoms. The Balaban J connectivity index is 2.46. The van der Waals surface area contributed by atoms with Crippen LogP contribution in [0.15, 0.2) is 18.2 Å². The SMILES string of the molecule is Cc1ccc(F)c2c1cc1n2C(C)CNC1=O. The normalized spacial score (nSPS) is 19.2. The summed E-state index contributed by atoms with van der Waals surface area (Å²) >= 11 is 0. The number of carbonyl (C=O) groups is 1. The van der Waals surface area contributed by atoms with Gasteiger partial charge in [0.05, 0.1) is 5.52 Å². The van der Waals surface area contributed by atoms with E-state index < -0.39 is 0 Å². The quantitative estimate of drug-likeness (QED) is 0.743. The van der Waals surface area contributed by atoms with E-state index in [0.717, 1.165) is 10.9 Å². The van der Waals surface area contributed by atoms with Crippen molar-refractivity contribution < 1.29 is 9.18 Å². The zero-order valence-corrected chi connectivity index (χ0v) is 9.75. The van der Waals surface area contributed by atoms with E-state index in [1.165, 1.54) is 6.07 Å². The van der Waals surface area contributed by atoms with Gasteiger partial charge in [0.2, 0.25) is 0 Å². The Labute approximate surface area is 98.2 Å². The topological polar surface area (TPSA) is 34.0 Å². The third kappa shape index (κ3) is 1.30. The molecule has 17 heavy (non-hydrogen) atoms. The minimum absolute atomic E-state index is 0.0801. The number of rotatable bonds is 0. The maximum atomic E-state index is 13.9. The Bertz CT molecular complexity index is 630. The Morgan fingerprint density at radius 1 is 1.47 bits per heavy atom. The van der Waals surface area contributed by atoms with Crippen molar-refractivity contribution in [2.24, 2.45) is 0 Å². The Hall–Kier alpha value is -1.84. The number of aromatic nitrogens is 1. The van der Waals surface area contributed by atoms with Gasteiger partial charge in [-0.1, -0.05) is 6.07 Å². The van der Waals surface area contributed by atoms with Crippen molar-refractivity contribution in [3.05, 3.63) is 35.3 Å². The molecule has 1 amide bonds. The van der Waals surface area contributed by atoms with E-state index in [1.54, 1.807) is 16.7 Å². The molecule has 2 heterocycles. The van der Waals surface area contributed by atoms with E-state index in [4.69, 9.17) is 0 Å². The monoisotopic (exact) mass is 232 g/mol. The molecular formula is C13H13FN2O. The van der Waals surface area contributed by atoms with Crippen molar-refractivity contribution in [2.45, 2.75) is 19.9 Å². The van der Waals surface area contributed by atoms with Crippen LogP contribution < -0.4 is 5.32 Å². The lowest BCUT2D eigenvalue weighted by atomic mass is 10.1. The fourth-order valence-corrected chi connectivity index (χ4v) is 2.49. The predicted octanol–water partition coefficient (Wildman–Crippen LogP) is 2.39. The average molecular weight is 232 g/mol. The first kappa shape index (κ1) is 10.3. The first-order chi connectivity index (χ1) is 8.09. The van der Waals surface area contributed by atoms with Crippen molar-refractivity contribution in [3.8, 4) is 0 Å². The number of hydrogen-bond acceptors (Lipinski definition) is 1. The van der Waals surface area contributed by atoms with Crippen molar-refractivity contribution in [1.29, 1.82) is 0 Å². The maximum absolute atomic E-state index is 13.9. The maximum Gasteiger partial charge on any atom is 0.268 e. The molecule has 1 aromatic heterocycles. The molecule has 4 heteroatoms. The Kier molecular flexibility index (Phi) is 2.02. The molecule has 0 fully saturated rings. The summed E-state index contributed by atoms with van der Waals surface area (Å²) in [5, 5.41) is 3.63. The van der Waals surface area contributed by atoms with E-state index in [2.05, 4.69) is 5.32 Å². The number of nitrogens with one attached hydrogen (secondary N) is 1. The van der Waals surface area contributed by atoms with E-state index in [0.29, 0.717) is 17.8 Å². The van der Waals surface area contributed by atoms with Crippen molar-refractivity contribution in [1.82, 2.24) is 9.88 Å². The summed E-state index contributed by atoms with van der Waals surface area (Å²) in [5.74, 6) is -0.392. The summed E-state index contributed by atoms with van der Waals surface area (Å²) < 4.78 is 15.7. The second kappa shape index (κ2) is 3.32. The van der Waals surface area contributed by atoms with Crippen molar-refractivity contribution in [2.75, 3.05) is 6.54 Å². The van der Waals surface area contributed by atoms with Crippen LogP contribution in [-0.4, -0.2) is 17.0 Å². The van der Waals surface area contributed by atoms with Crippen LogP contribution in [0.5, 0.6) is 0 Å². The second-order valence-electron chi connectivity index (χ2n) is 4.59. The third-order valence-electron chi connectivity index (χ3n) is 3.40. The molecule has 1 aromatic carbocycles. The molecule has 1 aliphatic rings. The number of halogens is 1. The second-order valence-corrected chi connectivity index (χ2v) is 4.59. The number of carbonyl (C=O) groups excluding carboxylic acids is 1. The highest BCUT2D eigenvalue weighted by atomic mass is 19.1. The lowest BCUT2D eigenvalue weighted by Crippen LogP contribution is -2.37. The van der Waals surface area contributed by atoms with Crippen LogP contribution in [-0.2, 0) is 0 Å². The van der Waals surface area contributed by atoms with Crippen LogP contribution >= 0.6 is 0 Å². The van der Waals surface area contributed by atoms with Crippen molar-refractivity contribution in [3.63, 3.8) is 0 Å². The van der Waals surface area contributed by atoms with Crippen LogP contribution in [0.1, 0.15) is 29.0 Å². The zero-order chi connectivity index (χ0) is 12.2. The summed E-state index contributed by atoms with van der Waals surface area (Å²) in [6, 6.07) is 5.06. The molecule has 0 radical (unpaired) electrons. The number of fused-ring (bicyclic) bond motifs is 3. The summed E-state index contributed by atoms with van der Waals surface area (Å²) in [4.78, 5) is 11.8. The number of amides is 1. The lowest BCUT2D eigenvalue weighted by Gasteiger charge is -2.24. The van der Waals surface area contributed by atoms with Gasteiger partial charge in [0.15, 0.2) is 0 Å². The van der Waals surface area contributed by atoms with Gasteiger partial charge in [-0.15, -0.1) is 0 Å². The van der Waals surface area contributed by atoms with Crippen LogP contribution in [0.2, 0.25) is 0 Å². The largest absolute Gasteiger partial charge is 0.349 e. The number of hydrogen-bond donors (Lipinski definition) is 1. The minimum atomic E-state index is -0.265. The highest BCUT2D eigenvalue weighted by Crippen LogP contribution is 2.30. The Morgan fingerprint density at radius 3 is 3.00 bits per heavy atom. The molecule has 1 unspecified atom stereocenters. The van der Waals surface area contributed by atoms with Gasteiger partial charge in [-0.3, -0.25) is 4.79 Å². The average Bonchev–Trinajstić information content (AvgIpc) is 2.71. The fourth-order valence-electron chi connectivity index (χ4n) is 2.49. The summed E-state index contributed by atoms with van der Waals surface area (Å²) in [6.07, 6.45) is 0. The molecule has 0 aliphatic carbocycles. The van der Waals surface area contributed by atoms with Crippen LogP contribution in [0, 0.1) is 12.7 Å². The molecule has 1 N–H and O–H groups in total. The summed E-state index contributed by atoms with van der Waals surface area (Å²) in [6.45, 7) is 4.45. The van der Waals surface area contributed by atoms with Gasteiger partial charge in [-0.25, -0.2) is 4.39 Å². The lowest BCUT2D eigenvalue weighted by molar-refractivity contribution is 0.0919. The highest BCUT2D eigenvalue weighted by molar-refractivity contribution is 6.00. The molecule has 0 saturated heterocycles. The van der Waals surface area contributed by atoms with Crippen LogP contribution in [0.25, 0.3) is 10.9 Å². The number of benzene rings is 1. The molecule has 2 aromatic rings. The third-order valence-corrected chi connectivity index (χ3v) is 3.40. The minimum Gasteiger partial charge on any atom is -0.349 e. The fraction of sp³-hybridized carbons (Fsp3) is 0.308. The molecule has 0 saturated carbocycles.